The molecule has 0 aliphatic rings. The maximum absolute atomic E-state index is 12.1. The Bertz CT molecular complexity index is 866. The molecule has 0 saturated carbocycles. The lowest BCUT2D eigenvalue weighted by Crippen LogP contribution is -2.42. The molecular weight excluding hydrogens is 387 g/mol. The first-order valence-electron chi connectivity index (χ1n) is 7.11. The van der Waals surface area contributed by atoms with E-state index in [1.165, 1.54) is 48.5 Å². The second-order valence-corrected chi connectivity index (χ2v) is 8.01. The van der Waals surface area contributed by atoms with E-state index < -0.39 is 27.4 Å². The van der Waals surface area contributed by atoms with E-state index in [1.807, 2.05) is 0 Å². The van der Waals surface area contributed by atoms with Gasteiger partial charge in [-0.3, -0.25) is 20.4 Å². The van der Waals surface area contributed by atoms with Crippen LogP contribution in [0.4, 0.5) is 0 Å². The van der Waals surface area contributed by atoms with Crippen molar-refractivity contribution in [2.75, 3.05) is 5.75 Å². The molecule has 0 unspecified atom stereocenters. The number of amides is 2. The zero-order valence-corrected chi connectivity index (χ0v) is 15.2. The Morgan fingerprint density at radius 3 is 1.92 bits per heavy atom. The van der Waals surface area contributed by atoms with Gasteiger partial charge in [-0.15, -0.1) is 0 Å². The second-order valence-electron chi connectivity index (χ2n) is 5.03. The van der Waals surface area contributed by atoms with Gasteiger partial charge >= 0.3 is 0 Å². The van der Waals surface area contributed by atoms with E-state index in [4.69, 9.17) is 23.2 Å². The Kier molecular flexibility index (Phi) is 6.41. The fourth-order valence-electron chi connectivity index (χ4n) is 1.85. The van der Waals surface area contributed by atoms with Gasteiger partial charge in [-0.1, -0.05) is 23.2 Å². The van der Waals surface area contributed by atoms with Gasteiger partial charge in [-0.05, 0) is 48.5 Å². The third-order valence-corrected chi connectivity index (χ3v) is 5.43. The highest BCUT2D eigenvalue weighted by molar-refractivity contribution is 7.91. The molecule has 2 amide bonds. The summed E-state index contributed by atoms with van der Waals surface area (Å²) in [6.45, 7) is 0. The van der Waals surface area contributed by atoms with Gasteiger partial charge in [0.2, 0.25) is 5.91 Å². The maximum atomic E-state index is 12.1. The standard InChI is InChI=1S/C16H14Cl2N2O4S/c17-12-3-1-11(2-4-12)16(22)20-19-15(21)9-10-25(23,24)14-7-5-13(18)6-8-14/h1-8H,9-10H2,(H,19,21)(H,20,22). The number of carbonyl (C=O) groups is 2. The Morgan fingerprint density at radius 2 is 1.36 bits per heavy atom. The minimum Gasteiger partial charge on any atom is -0.273 e. The topological polar surface area (TPSA) is 92.3 Å². The zero-order valence-electron chi connectivity index (χ0n) is 12.8. The lowest BCUT2D eigenvalue weighted by molar-refractivity contribution is -0.121. The predicted octanol–water partition coefficient (Wildman–Crippen LogP) is 2.62. The zero-order chi connectivity index (χ0) is 18.4. The average molecular weight is 401 g/mol. The summed E-state index contributed by atoms with van der Waals surface area (Å²) in [6, 6.07) is 11.7. The van der Waals surface area contributed by atoms with Gasteiger partial charge in [0, 0.05) is 22.0 Å². The van der Waals surface area contributed by atoms with E-state index in [2.05, 4.69) is 10.9 Å². The monoisotopic (exact) mass is 400 g/mol. The first-order valence-corrected chi connectivity index (χ1v) is 9.52. The molecule has 0 aromatic heterocycles. The molecule has 2 aromatic rings. The molecule has 0 spiro atoms. The highest BCUT2D eigenvalue weighted by Gasteiger charge is 2.17. The quantitative estimate of drug-likeness (QED) is 0.754. The van der Waals surface area contributed by atoms with Crippen molar-refractivity contribution in [2.45, 2.75) is 11.3 Å². The lowest BCUT2D eigenvalue weighted by Gasteiger charge is -2.08. The molecule has 9 heteroatoms. The molecule has 0 heterocycles. The molecule has 0 radical (unpaired) electrons. The van der Waals surface area contributed by atoms with Crippen molar-refractivity contribution in [2.24, 2.45) is 0 Å². The predicted molar refractivity (Wildman–Crippen MR) is 95.2 cm³/mol. The number of nitrogens with one attached hydrogen (secondary N) is 2. The van der Waals surface area contributed by atoms with Crippen molar-refractivity contribution in [1.82, 2.24) is 10.9 Å². The van der Waals surface area contributed by atoms with Gasteiger partial charge in [0.25, 0.3) is 5.91 Å². The van der Waals surface area contributed by atoms with Crippen LogP contribution in [0.25, 0.3) is 0 Å². The van der Waals surface area contributed by atoms with Crippen molar-refractivity contribution in [3.05, 3.63) is 64.1 Å². The highest BCUT2D eigenvalue weighted by atomic mass is 35.5. The van der Waals surface area contributed by atoms with Crippen molar-refractivity contribution in [3.8, 4) is 0 Å². The summed E-state index contributed by atoms with van der Waals surface area (Å²) in [7, 11) is -3.61. The van der Waals surface area contributed by atoms with E-state index in [0.29, 0.717) is 15.6 Å². The minimum atomic E-state index is -3.61. The number of sulfone groups is 1. The molecule has 2 aromatic carbocycles. The van der Waals surface area contributed by atoms with Crippen LogP contribution in [0.3, 0.4) is 0 Å². The fourth-order valence-corrected chi connectivity index (χ4v) is 3.34. The van der Waals surface area contributed by atoms with Crippen LogP contribution in [0.2, 0.25) is 10.0 Å². The number of halogens is 2. The molecule has 0 atom stereocenters. The van der Waals surface area contributed by atoms with Gasteiger partial charge in [-0.2, -0.15) is 0 Å². The van der Waals surface area contributed by atoms with Crippen LogP contribution in [0.15, 0.2) is 53.4 Å². The summed E-state index contributed by atoms with van der Waals surface area (Å²) in [5.41, 5.74) is 4.68. The highest BCUT2D eigenvalue weighted by Crippen LogP contribution is 2.16. The third-order valence-electron chi connectivity index (χ3n) is 3.19. The van der Waals surface area contributed by atoms with E-state index >= 15 is 0 Å². The molecule has 0 aliphatic carbocycles. The lowest BCUT2D eigenvalue weighted by atomic mass is 10.2. The minimum absolute atomic E-state index is 0.0786. The summed E-state index contributed by atoms with van der Waals surface area (Å²) in [5.74, 6) is -1.55. The SMILES string of the molecule is O=C(CCS(=O)(=O)c1ccc(Cl)cc1)NNC(=O)c1ccc(Cl)cc1. The number of benzene rings is 2. The van der Waals surface area contributed by atoms with E-state index in [9.17, 15) is 18.0 Å². The van der Waals surface area contributed by atoms with Crippen LogP contribution in [-0.2, 0) is 14.6 Å². The molecular formula is C16H14Cl2N2O4S. The molecule has 2 rings (SSSR count). The van der Waals surface area contributed by atoms with Crippen LogP contribution in [0.5, 0.6) is 0 Å². The number of hydrogen-bond donors (Lipinski definition) is 2. The summed E-state index contributed by atoms with van der Waals surface area (Å²) >= 11 is 11.4. The van der Waals surface area contributed by atoms with Gasteiger partial charge in [0.15, 0.2) is 9.84 Å². The smallest absolute Gasteiger partial charge is 0.269 e. The first kappa shape index (κ1) is 19.2. The fraction of sp³-hybridized carbons (Fsp3) is 0.125. The van der Waals surface area contributed by atoms with Gasteiger partial charge < -0.3 is 0 Å². The van der Waals surface area contributed by atoms with Crippen molar-refractivity contribution >= 4 is 44.9 Å². The van der Waals surface area contributed by atoms with Crippen LogP contribution >= 0.6 is 23.2 Å². The van der Waals surface area contributed by atoms with Gasteiger partial charge in [0.05, 0.1) is 10.6 Å². The summed E-state index contributed by atoms with van der Waals surface area (Å²) in [4.78, 5) is 23.6. The Labute approximate surface area is 155 Å². The number of hydrazine groups is 1. The van der Waals surface area contributed by atoms with Crippen LogP contribution in [-0.4, -0.2) is 26.0 Å². The normalized spacial score (nSPS) is 11.0. The molecule has 132 valence electrons. The molecule has 2 N–H and O–H groups in total. The number of hydrogen-bond acceptors (Lipinski definition) is 4. The van der Waals surface area contributed by atoms with Crippen LogP contribution < -0.4 is 10.9 Å². The third kappa shape index (κ3) is 5.74. The molecule has 0 bridgehead atoms. The van der Waals surface area contributed by atoms with Crippen LogP contribution in [0.1, 0.15) is 16.8 Å². The maximum Gasteiger partial charge on any atom is 0.269 e. The first-order chi connectivity index (χ1) is 11.8. The number of carbonyl (C=O) groups excluding carboxylic acids is 2. The van der Waals surface area contributed by atoms with E-state index in [-0.39, 0.29) is 11.3 Å². The molecule has 0 fully saturated rings. The molecule has 0 aliphatic heterocycles. The Morgan fingerprint density at radius 1 is 0.840 bits per heavy atom. The van der Waals surface area contributed by atoms with E-state index in [1.54, 1.807) is 0 Å². The van der Waals surface area contributed by atoms with Crippen molar-refractivity contribution < 1.29 is 18.0 Å². The van der Waals surface area contributed by atoms with Crippen LogP contribution in [0, 0.1) is 0 Å². The Hall–Kier alpha value is -2.09. The van der Waals surface area contributed by atoms with Gasteiger partial charge in [0.1, 0.15) is 0 Å². The van der Waals surface area contributed by atoms with Gasteiger partial charge in [-0.25, -0.2) is 8.42 Å². The average Bonchev–Trinajstić information content (AvgIpc) is 2.59. The second kappa shape index (κ2) is 8.33. The summed E-state index contributed by atoms with van der Waals surface area (Å²) in [6.07, 6.45) is -0.300. The Balaban J connectivity index is 1.85. The van der Waals surface area contributed by atoms with Crippen molar-refractivity contribution in [3.63, 3.8) is 0 Å². The molecule has 6 nitrogen and oxygen atoms in total. The molecule has 25 heavy (non-hydrogen) atoms. The van der Waals surface area contributed by atoms with Crippen molar-refractivity contribution in [1.29, 1.82) is 0 Å². The number of rotatable bonds is 5. The summed E-state index contributed by atoms with van der Waals surface area (Å²) in [5, 5.41) is 0.898. The van der Waals surface area contributed by atoms with E-state index in [0.717, 1.165) is 0 Å². The largest absolute Gasteiger partial charge is 0.273 e. The summed E-state index contributed by atoms with van der Waals surface area (Å²) < 4.78 is 24.2. The molecule has 0 saturated heterocycles.